The lowest BCUT2D eigenvalue weighted by Crippen LogP contribution is -2.16. The van der Waals surface area contributed by atoms with Gasteiger partial charge in [-0.2, -0.15) is 0 Å². The summed E-state index contributed by atoms with van der Waals surface area (Å²) in [6, 6.07) is 4.95. The van der Waals surface area contributed by atoms with Crippen LogP contribution in [0, 0.1) is 5.82 Å². The van der Waals surface area contributed by atoms with E-state index in [1.165, 1.54) is 11.6 Å². The summed E-state index contributed by atoms with van der Waals surface area (Å²) < 4.78 is 13.1. The van der Waals surface area contributed by atoms with Gasteiger partial charge in [0, 0.05) is 12.2 Å². The maximum Gasteiger partial charge on any atom is 0.125 e. The average molecular weight is 224 g/mol. The lowest BCUT2D eigenvalue weighted by atomic mass is 10.1. The summed E-state index contributed by atoms with van der Waals surface area (Å²) in [5.41, 5.74) is 2.10. The first kappa shape index (κ1) is 13.0. The van der Waals surface area contributed by atoms with Gasteiger partial charge in [0.25, 0.3) is 0 Å². The molecule has 0 bridgehead atoms. The Balaban J connectivity index is 2.48. The van der Waals surface area contributed by atoms with E-state index in [4.69, 9.17) is 0 Å². The molecule has 1 aromatic rings. The van der Waals surface area contributed by atoms with Crippen LogP contribution < -0.4 is 5.32 Å². The third-order valence-electron chi connectivity index (χ3n) is 2.55. The zero-order chi connectivity index (χ0) is 12.0. The van der Waals surface area contributed by atoms with Gasteiger partial charge in [-0.05, 0) is 51.2 Å². The second-order valence-corrected chi connectivity index (χ2v) is 4.24. The van der Waals surface area contributed by atoms with Crippen molar-refractivity contribution in [3.05, 3.63) is 29.6 Å². The van der Waals surface area contributed by atoms with Crippen LogP contribution in [0.2, 0.25) is 0 Å². The molecule has 1 N–H and O–H groups in total. The van der Waals surface area contributed by atoms with Crippen molar-refractivity contribution in [2.75, 3.05) is 32.5 Å². The lowest BCUT2D eigenvalue weighted by Gasteiger charge is -2.13. The third-order valence-corrected chi connectivity index (χ3v) is 2.55. The highest BCUT2D eigenvalue weighted by Crippen LogP contribution is 2.17. The number of nitrogens with one attached hydrogen (secondary N) is 1. The molecule has 0 atom stereocenters. The lowest BCUT2D eigenvalue weighted by molar-refractivity contribution is 0.405. The summed E-state index contributed by atoms with van der Waals surface area (Å²) >= 11 is 0. The van der Waals surface area contributed by atoms with E-state index in [0.29, 0.717) is 0 Å². The first-order chi connectivity index (χ1) is 7.63. The van der Waals surface area contributed by atoms with Gasteiger partial charge in [-0.25, -0.2) is 4.39 Å². The first-order valence-electron chi connectivity index (χ1n) is 5.80. The van der Waals surface area contributed by atoms with Crippen LogP contribution in [0.1, 0.15) is 18.9 Å². The highest BCUT2D eigenvalue weighted by molar-refractivity contribution is 5.51. The van der Waals surface area contributed by atoms with Crippen LogP contribution in [-0.2, 0) is 6.42 Å². The molecule has 0 unspecified atom stereocenters. The van der Waals surface area contributed by atoms with Crippen molar-refractivity contribution < 1.29 is 4.39 Å². The molecule has 2 nitrogen and oxygen atoms in total. The average Bonchev–Trinajstić information content (AvgIpc) is 2.24. The van der Waals surface area contributed by atoms with E-state index in [0.717, 1.165) is 31.6 Å². The van der Waals surface area contributed by atoms with Gasteiger partial charge in [-0.15, -0.1) is 0 Å². The largest absolute Gasteiger partial charge is 0.385 e. The summed E-state index contributed by atoms with van der Waals surface area (Å²) in [5.74, 6) is -0.174. The van der Waals surface area contributed by atoms with Gasteiger partial charge in [0.2, 0.25) is 0 Å². The minimum atomic E-state index is -0.174. The molecule has 16 heavy (non-hydrogen) atoms. The molecule has 0 heterocycles. The highest BCUT2D eigenvalue weighted by atomic mass is 19.1. The number of hydrogen-bond acceptors (Lipinski definition) is 2. The SMILES string of the molecule is CCc1ccc(F)cc1NCCCN(C)C. The number of aryl methyl sites for hydroxylation is 1. The van der Waals surface area contributed by atoms with Crippen LogP contribution in [0.3, 0.4) is 0 Å². The zero-order valence-corrected chi connectivity index (χ0v) is 10.4. The summed E-state index contributed by atoms with van der Waals surface area (Å²) in [7, 11) is 4.11. The van der Waals surface area contributed by atoms with E-state index in [-0.39, 0.29) is 5.82 Å². The van der Waals surface area contributed by atoms with Crippen LogP contribution in [-0.4, -0.2) is 32.1 Å². The van der Waals surface area contributed by atoms with Crippen LogP contribution >= 0.6 is 0 Å². The number of nitrogens with zero attached hydrogens (tertiary/aromatic N) is 1. The molecular weight excluding hydrogens is 203 g/mol. The molecular formula is C13H21FN2. The van der Waals surface area contributed by atoms with Gasteiger partial charge in [0.05, 0.1) is 0 Å². The standard InChI is InChI=1S/C13H21FN2/c1-4-11-6-7-12(14)10-13(11)15-8-5-9-16(2)3/h6-7,10,15H,4-5,8-9H2,1-3H3. The summed E-state index contributed by atoms with van der Waals surface area (Å²) in [4.78, 5) is 2.15. The van der Waals surface area contributed by atoms with E-state index in [9.17, 15) is 4.39 Å². The van der Waals surface area contributed by atoms with E-state index in [2.05, 4.69) is 31.2 Å². The minimum Gasteiger partial charge on any atom is -0.385 e. The van der Waals surface area contributed by atoms with Crippen molar-refractivity contribution in [3.8, 4) is 0 Å². The van der Waals surface area contributed by atoms with Crippen molar-refractivity contribution in [2.24, 2.45) is 0 Å². The van der Waals surface area contributed by atoms with E-state index < -0.39 is 0 Å². The molecule has 0 aliphatic heterocycles. The Morgan fingerprint density at radius 1 is 1.31 bits per heavy atom. The van der Waals surface area contributed by atoms with Gasteiger partial charge < -0.3 is 10.2 Å². The van der Waals surface area contributed by atoms with Gasteiger partial charge in [0.1, 0.15) is 5.82 Å². The fourth-order valence-electron chi connectivity index (χ4n) is 1.64. The van der Waals surface area contributed by atoms with Crippen molar-refractivity contribution >= 4 is 5.69 Å². The van der Waals surface area contributed by atoms with Crippen LogP contribution in [0.4, 0.5) is 10.1 Å². The van der Waals surface area contributed by atoms with Crippen molar-refractivity contribution in [2.45, 2.75) is 19.8 Å². The predicted molar refractivity (Wildman–Crippen MR) is 67.4 cm³/mol. The van der Waals surface area contributed by atoms with Crippen molar-refractivity contribution in [1.82, 2.24) is 4.90 Å². The third kappa shape index (κ3) is 4.19. The monoisotopic (exact) mass is 224 g/mol. The molecule has 1 rings (SSSR count). The summed E-state index contributed by atoms with van der Waals surface area (Å²) in [5, 5.41) is 3.29. The maximum absolute atomic E-state index is 13.1. The van der Waals surface area contributed by atoms with Gasteiger partial charge in [0.15, 0.2) is 0 Å². The fraction of sp³-hybridized carbons (Fsp3) is 0.538. The van der Waals surface area contributed by atoms with Crippen LogP contribution in [0.15, 0.2) is 18.2 Å². The van der Waals surface area contributed by atoms with Crippen LogP contribution in [0.5, 0.6) is 0 Å². The van der Waals surface area contributed by atoms with E-state index in [1.807, 2.05) is 6.07 Å². The van der Waals surface area contributed by atoms with Crippen molar-refractivity contribution in [3.63, 3.8) is 0 Å². The Morgan fingerprint density at radius 3 is 2.69 bits per heavy atom. The Hall–Kier alpha value is -1.09. The molecule has 1 aromatic carbocycles. The molecule has 0 saturated heterocycles. The molecule has 0 aliphatic rings. The molecule has 0 fully saturated rings. The first-order valence-corrected chi connectivity index (χ1v) is 5.80. The van der Waals surface area contributed by atoms with Gasteiger partial charge in [-0.1, -0.05) is 13.0 Å². The minimum absolute atomic E-state index is 0.174. The quantitative estimate of drug-likeness (QED) is 0.747. The molecule has 0 saturated carbocycles. The summed E-state index contributed by atoms with van der Waals surface area (Å²) in [6.07, 6.45) is 1.99. The van der Waals surface area contributed by atoms with E-state index in [1.54, 1.807) is 6.07 Å². The molecule has 0 aromatic heterocycles. The molecule has 0 aliphatic carbocycles. The predicted octanol–water partition coefficient (Wildman–Crippen LogP) is 2.75. The normalized spacial score (nSPS) is 10.8. The van der Waals surface area contributed by atoms with E-state index >= 15 is 0 Å². The Kier molecular flexibility index (Phi) is 5.26. The molecule has 90 valence electrons. The maximum atomic E-state index is 13.1. The van der Waals surface area contributed by atoms with Gasteiger partial charge >= 0.3 is 0 Å². The second kappa shape index (κ2) is 6.48. The topological polar surface area (TPSA) is 15.3 Å². The Morgan fingerprint density at radius 2 is 2.06 bits per heavy atom. The van der Waals surface area contributed by atoms with Crippen molar-refractivity contribution in [1.29, 1.82) is 0 Å². The summed E-state index contributed by atoms with van der Waals surface area (Å²) in [6.45, 7) is 4.01. The van der Waals surface area contributed by atoms with Crippen LogP contribution in [0.25, 0.3) is 0 Å². The smallest absolute Gasteiger partial charge is 0.125 e. The molecule has 0 spiro atoms. The number of halogens is 1. The number of hydrogen-bond donors (Lipinski definition) is 1. The second-order valence-electron chi connectivity index (χ2n) is 4.24. The Labute approximate surface area is 97.5 Å². The zero-order valence-electron chi connectivity index (χ0n) is 10.4. The fourth-order valence-corrected chi connectivity index (χ4v) is 1.64. The highest BCUT2D eigenvalue weighted by Gasteiger charge is 2.01. The molecule has 0 amide bonds. The van der Waals surface area contributed by atoms with Gasteiger partial charge in [-0.3, -0.25) is 0 Å². The molecule has 3 heteroatoms. The molecule has 0 radical (unpaired) electrons. The number of anilines is 1. The Bertz CT molecular complexity index is 324. The number of benzene rings is 1. The number of rotatable bonds is 6.